The Balaban J connectivity index is 1.60. The van der Waals surface area contributed by atoms with Crippen LogP contribution in [0.15, 0.2) is 0 Å². The standard InChI is InChI=1S/C66H110N17O39PS/c1-5-12-117-66-53(51(102)48(99)38(23-88)120-66)122-65-52(103)50(101)49(100)39(121-65)24-119-123(115,116)118-13-10-69-55(105)36(25-124)74-44(96)18-72-54(104)32(19-84)77-61(111)37-7-6-11-83(37)64(114)35(22-87)80-60(110)34(21-86)79-62(112)46(26(2)89)81-56(106)29(8-9-40(67)92)75-59(109)33(20-85)78-63(113)47(27(3)90)82-58(108)31(15-45(97)98)76-57(107)30(14-41(68)93)73-43(95)17-71-42(94)16-70-28(4)91/h26-27,29-39,46-53,65-66,84-90,99-103,124H,5-25H2,1-4H3,(H2,67,92)(H2,68,93)(H,69,105)(H,70,91)(H,71,94)(H,72,104)(H,73,95)(H,74,96)(H,75,109)(H,76,107)(H,77,111)(H,78,113)(H,79,112)(H,80,110)(H,81,106)(H,82,108)(H,97,98)(H,115,116)/t26-,27-,29+,30+,31+,32+,33+,34+,35+,36+,37+,38-,39-,46+,47+,48-,49-,50+,51+,52+,53+,65-,66+/m1/s1. The van der Waals surface area contributed by atoms with E-state index in [0.717, 1.165) is 25.7 Å². The van der Waals surface area contributed by atoms with Crippen molar-refractivity contribution in [2.45, 2.75) is 213 Å². The molecular formula is C66H110N17O39PS. The highest BCUT2D eigenvalue weighted by Crippen LogP contribution is 2.44. The summed E-state index contributed by atoms with van der Waals surface area (Å²) >= 11 is 4.03. The van der Waals surface area contributed by atoms with Crippen LogP contribution in [-0.2, 0) is 119 Å². The van der Waals surface area contributed by atoms with Gasteiger partial charge in [0.05, 0.1) is 90.9 Å². The number of nitrogens with two attached hydrogens (primary N) is 2. The van der Waals surface area contributed by atoms with Crippen LogP contribution in [0, 0.1) is 0 Å². The summed E-state index contributed by atoms with van der Waals surface area (Å²) in [5.41, 5.74) is 10.5. The molecule has 3 aliphatic heterocycles. The number of aliphatic carboxylic acids is 1. The summed E-state index contributed by atoms with van der Waals surface area (Å²) in [6.45, 7) is -5.98. The van der Waals surface area contributed by atoms with Gasteiger partial charge >= 0.3 is 13.8 Å². The van der Waals surface area contributed by atoms with Crippen molar-refractivity contribution in [3.63, 3.8) is 0 Å². The molecule has 704 valence electrons. The Labute approximate surface area is 709 Å². The van der Waals surface area contributed by atoms with Crippen LogP contribution in [0.3, 0.4) is 0 Å². The summed E-state index contributed by atoms with van der Waals surface area (Å²) in [6, 6.07) is -21.6. The van der Waals surface area contributed by atoms with Crippen LogP contribution in [0.5, 0.6) is 0 Å². The lowest BCUT2D eigenvalue weighted by Crippen LogP contribution is -2.64. The first kappa shape index (κ1) is 108. The highest BCUT2D eigenvalue weighted by Gasteiger charge is 2.52. The van der Waals surface area contributed by atoms with Gasteiger partial charge in [0.25, 0.3) is 0 Å². The summed E-state index contributed by atoms with van der Waals surface area (Å²) in [6.07, 6.45) is -25.0. The van der Waals surface area contributed by atoms with Crippen LogP contribution in [0.2, 0.25) is 0 Å². The second-order valence-electron chi connectivity index (χ2n) is 27.9. The van der Waals surface area contributed by atoms with Crippen LogP contribution in [0.25, 0.3) is 0 Å². The topological polar surface area (TPSA) is 887 Å². The molecule has 0 aliphatic carbocycles. The van der Waals surface area contributed by atoms with E-state index in [9.17, 15) is 162 Å². The molecule has 0 aromatic heterocycles. The number of nitrogens with zero attached hydrogens (tertiary/aromatic N) is 1. The molecule has 32 N–H and O–H groups in total. The van der Waals surface area contributed by atoms with E-state index in [2.05, 4.69) is 55.2 Å². The van der Waals surface area contributed by atoms with Crippen molar-refractivity contribution in [3.05, 3.63) is 0 Å². The Kier molecular flexibility index (Phi) is 46.9. The molecule has 0 bridgehead atoms. The molecule has 17 amide bonds. The van der Waals surface area contributed by atoms with Crippen LogP contribution in [0.1, 0.15) is 72.6 Å². The predicted molar refractivity (Wildman–Crippen MR) is 409 cm³/mol. The summed E-state index contributed by atoms with van der Waals surface area (Å²) in [5, 5.41) is 164. The Morgan fingerprint density at radius 2 is 0.992 bits per heavy atom. The monoisotopic (exact) mass is 1830 g/mol. The second-order valence-corrected chi connectivity index (χ2v) is 29.7. The number of carbonyl (C=O) groups excluding carboxylic acids is 17. The third kappa shape index (κ3) is 35.4. The molecular weight excluding hydrogens is 1720 g/mol. The molecule has 0 aromatic rings. The molecule has 1 unspecified atom stereocenters. The third-order valence-electron chi connectivity index (χ3n) is 18.1. The van der Waals surface area contributed by atoms with Crippen molar-refractivity contribution in [2.75, 3.05) is 91.3 Å². The number of aliphatic hydroxyl groups is 12. The van der Waals surface area contributed by atoms with E-state index in [1.165, 1.54) is 0 Å². The van der Waals surface area contributed by atoms with Crippen LogP contribution >= 0.6 is 20.5 Å². The fourth-order valence-corrected chi connectivity index (χ4v) is 12.5. The molecule has 58 heteroatoms. The van der Waals surface area contributed by atoms with E-state index >= 15 is 0 Å². The van der Waals surface area contributed by atoms with Crippen molar-refractivity contribution in [1.29, 1.82) is 0 Å². The highest BCUT2D eigenvalue weighted by molar-refractivity contribution is 7.80. The van der Waals surface area contributed by atoms with Gasteiger partial charge in [-0.15, -0.1) is 0 Å². The normalized spacial score (nSPS) is 23.3. The number of thiol groups is 1. The molecule has 3 rings (SSSR count). The van der Waals surface area contributed by atoms with Gasteiger partial charge in [0.15, 0.2) is 12.6 Å². The number of carboxylic acid groups (broad SMARTS) is 1. The van der Waals surface area contributed by atoms with Crippen LogP contribution in [-0.4, -0.2) is 414 Å². The molecule has 0 saturated carbocycles. The number of carboxylic acids is 1. The van der Waals surface area contributed by atoms with Crippen LogP contribution < -0.4 is 85.9 Å². The zero-order valence-corrected chi connectivity index (χ0v) is 68.9. The minimum absolute atomic E-state index is 0.0365. The number of nitrogens with one attached hydrogen (secondary N) is 14. The minimum atomic E-state index is -5.10. The Morgan fingerprint density at radius 1 is 0.516 bits per heavy atom. The molecule has 3 saturated heterocycles. The summed E-state index contributed by atoms with van der Waals surface area (Å²) < 4.78 is 44.7. The maximum Gasteiger partial charge on any atom is 0.472 e. The summed E-state index contributed by atoms with van der Waals surface area (Å²) in [7, 11) is -5.10. The zero-order valence-electron chi connectivity index (χ0n) is 67.1. The molecule has 124 heavy (non-hydrogen) atoms. The SMILES string of the molecule is CCCO[C@H]1O[C@H](CO)[C@@H](O)[C@H](O)[C@@H]1O[C@H]1O[C@H](COP(=O)(O)OCCNC(=O)[C@H](CS)NC(=O)CNC(=O)[C@H](CO)NC(=O)[C@@H]2CCCN2C(=O)[C@H](CO)NC(=O)[C@H](CO)NC(=O)[C@@H](NC(=O)[C@H](CCC(N)=O)NC(=O)[C@H](CO)NC(=O)[C@@H](NC(=O)[C@H](CC(=O)O)NC(=O)[C@H](CC(N)=O)NC(=O)CNC(=O)CNC(C)=O)[C@@H](C)O)[C@@H](C)O)[C@@H](O)[C@H](O)[C@@H]1O. The molecule has 56 nitrogen and oxygen atoms in total. The van der Waals surface area contributed by atoms with E-state index in [1.807, 2.05) is 31.9 Å². The Hall–Kier alpha value is -9.72. The number of hydrogen-bond donors (Lipinski definition) is 31. The summed E-state index contributed by atoms with van der Waals surface area (Å²) in [5.74, 6) is -22.9. The number of carbonyl (C=O) groups is 18. The first-order chi connectivity index (χ1) is 58.2. The molecule has 0 radical (unpaired) electrons. The maximum atomic E-state index is 13.9. The number of likely N-dealkylation sites (tertiary alicyclic amines) is 1. The van der Waals surface area contributed by atoms with Crippen molar-refractivity contribution < 1.29 is 190 Å². The quantitative estimate of drug-likeness (QED) is 0.0153. The van der Waals surface area contributed by atoms with Gasteiger partial charge in [-0.25, -0.2) is 4.57 Å². The first-order valence-electron chi connectivity index (χ1n) is 38.0. The summed E-state index contributed by atoms with van der Waals surface area (Å²) in [4.78, 5) is 245. The molecule has 0 aromatic carbocycles. The fraction of sp³-hybridized carbons (Fsp3) is 0.727. The van der Waals surface area contributed by atoms with Crippen molar-refractivity contribution in [3.8, 4) is 0 Å². The molecule has 0 spiro atoms. The minimum Gasteiger partial charge on any atom is -0.481 e. The average molecular weight is 1830 g/mol. The zero-order chi connectivity index (χ0) is 93.7. The van der Waals surface area contributed by atoms with E-state index in [-0.39, 0.29) is 26.0 Å². The molecule has 3 aliphatic rings. The lowest BCUT2D eigenvalue weighted by molar-refractivity contribution is -0.367. The third-order valence-corrected chi connectivity index (χ3v) is 19.5. The highest BCUT2D eigenvalue weighted by atomic mass is 32.1. The van der Waals surface area contributed by atoms with Gasteiger partial charge in [-0.1, -0.05) is 6.92 Å². The van der Waals surface area contributed by atoms with E-state index < -0.39 is 358 Å². The number of hydrogen-bond acceptors (Lipinski definition) is 38. The first-order valence-corrected chi connectivity index (χ1v) is 40.2. The van der Waals surface area contributed by atoms with E-state index in [1.54, 1.807) is 6.92 Å². The van der Waals surface area contributed by atoms with Crippen molar-refractivity contribution >= 4 is 127 Å². The number of phosphoric acid groups is 1. The lowest BCUT2D eigenvalue weighted by Gasteiger charge is -2.46. The molecule has 24 atom stereocenters. The average Bonchev–Trinajstić information content (AvgIpc) is 0.921. The number of amides is 17. The number of aliphatic hydroxyl groups excluding tert-OH is 12. The lowest BCUT2D eigenvalue weighted by atomic mass is 9.97. The van der Waals surface area contributed by atoms with Gasteiger partial charge < -0.3 is 181 Å². The Morgan fingerprint density at radius 3 is 1.51 bits per heavy atom. The predicted octanol–water partition coefficient (Wildman–Crippen LogP) is -19.2. The van der Waals surface area contributed by atoms with Crippen molar-refractivity contribution in [2.24, 2.45) is 11.5 Å². The number of phosphoric ester groups is 1. The van der Waals surface area contributed by atoms with Crippen LogP contribution in [0.4, 0.5) is 0 Å². The van der Waals surface area contributed by atoms with Crippen molar-refractivity contribution in [1.82, 2.24) is 79.3 Å². The smallest absolute Gasteiger partial charge is 0.472 e. The molecule has 3 fully saturated rings. The number of rotatable bonds is 54. The van der Waals surface area contributed by atoms with E-state index in [4.69, 9.17) is 39.5 Å². The van der Waals surface area contributed by atoms with E-state index in [0.29, 0.717) is 6.42 Å². The van der Waals surface area contributed by atoms with Gasteiger partial charge in [-0.3, -0.25) is 95.3 Å². The van der Waals surface area contributed by atoms with Gasteiger partial charge in [-0.2, -0.15) is 12.6 Å². The number of primary amides is 2. The molecule has 3 heterocycles. The van der Waals surface area contributed by atoms with Gasteiger partial charge in [0.2, 0.25) is 100 Å². The Bertz CT molecular complexity index is 3730. The van der Waals surface area contributed by atoms with Gasteiger partial charge in [0.1, 0.15) is 115 Å². The van der Waals surface area contributed by atoms with Gasteiger partial charge in [0, 0.05) is 38.8 Å². The van der Waals surface area contributed by atoms with Gasteiger partial charge in [-0.05, 0) is 39.5 Å². The fourth-order valence-electron chi connectivity index (χ4n) is 11.5. The largest absolute Gasteiger partial charge is 0.481 e. The number of ether oxygens (including phenoxy) is 4. The maximum absolute atomic E-state index is 13.9. The second kappa shape index (κ2) is 53.6.